The fourth-order valence-corrected chi connectivity index (χ4v) is 2.77. The maximum Gasteiger partial charge on any atom is 0.259 e. The zero-order chi connectivity index (χ0) is 21.4. The van der Waals surface area contributed by atoms with Crippen molar-refractivity contribution in [3.8, 4) is 5.75 Å². The predicted molar refractivity (Wildman–Crippen MR) is 119 cm³/mol. The van der Waals surface area contributed by atoms with Crippen molar-refractivity contribution in [2.75, 3.05) is 11.9 Å². The zero-order valence-corrected chi connectivity index (χ0v) is 18.4. The number of rotatable bonds is 7. The van der Waals surface area contributed by atoms with Crippen molar-refractivity contribution in [2.45, 2.75) is 23.3 Å². The van der Waals surface area contributed by atoms with Crippen LogP contribution >= 0.6 is 47.0 Å². The smallest absolute Gasteiger partial charge is 0.259 e. The highest BCUT2D eigenvalue weighted by atomic mass is 35.6. The molecule has 0 bridgehead atoms. The van der Waals surface area contributed by atoms with E-state index < -0.39 is 15.9 Å². The number of thiocarbonyl (C=S) groups is 1. The third-order valence-electron chi connectivity index (χ3n) is 3.71. The third-order valence-corrected chi connectivity index (χ3v) is 4.59. The van der Waals surface area contributed by atoms with E-state index in [0.717, 1.165) is 12.0 Å². The normalized spacial score (nSPS) is 12.0. The molecule has 156 valence electrons. The highest BCUT2D eigenvalue weighted by Crippen LogP contribution is 2.29. The molecule has 29 heavy (non-hydrogen) atoms. The summed E-state index contributed by atoms with van der Waals surface area (Å²) < 4.78 is 16.5. The van der Waals surface area contributed by atoms with E-state index in [1.54, 1.807) is 12.1 Å². The molecule has 2 aromatic rings. The van der Waals surface area contributed by atoms with Crippen LogP contribution in [0.15, 0.2) is 48.5 Å². The van der Waals surface area contributed by atoms with Crippen LogP contribution in [0.3, 0.4) is 0 Å². The number of halogens is 4. The number of anilines is 1. The number of hydrogen-bond donors (Lipinski definition) is 3. The van der Waals surface area contributed by atoms with E-state index in [9.17, 15) is 9.18 Å². The number of benzene rings is 2. The molecule has 0 heterocycles. The molecule has 0 unspecified atom stereocenters. The lowest BCUT2D eigenvalue weighted by molar-refractivity contribution is -0.123. The number of nitrogens with one attached hydrogen (secondary N) is 3. The largest absolute Gasteiger partial charge is 0.484 e. The van der Waals surface area contributed by atoms with Gasteiger partial charge in [0.15, 0.2) is 11.7 Å². The Hall–Kier alpha value is -1.80. The molecule has 0 aliphatic heterocycles. The van der Waals surface area contributed by atoms with E-state index in [4.69, 9.17) is 51.8 Å². The number of carbonyl (C=O) groups is 1. The van der Waals surface area contributed by atoms with Gasteiger partial charge in [0.2, 0.25) is 3.79 Å². The molecule has 0 aliphatic rings. The van der Waals surface area contributed by atoms with Gasteiger partial charge in [-0.1, -0.05) is 53.9 Å². The molecular formula is C19H19Cl3FN3O2S. The lowest BCUT2D eigenvalue weighted by Gasteiger charge is -2.27. The Bertz CT molecular complexity index is 830. The van der Waals surface area contributed by atoms with Gasteiger partial charge in [-0.05, 0) is 60.6 Å². The maximum atomic E-state index is 13.0. The molecule has 0 saturated heterocycles. The van der Waals surface area contributed by atoms with Gasteiger partial charge in [0.25, 0.3) is 5.91 Å². The number of carbonyl (C=O) groups excluding carboxylic acids is 1. The molecule has 10 heteroatoms. The van der Waals surface area contributed by atoms with E-state index in [-0.39, 0.29) is 17.5 Å². The Morgan fingerprint density at radius 3 is 2.28 bits per heavy atom. The van der Waals surface area contributed by atoms with Crippen LogP contribution in [0.4, 0.5) is 10.1 Å². The van der Waals surface area contributed by atoms with Gasteiger partial charge < -0.3 is 20.7 Å². The molecule has 0 aliphatic carbocycles. The molecule has 2 aromatic carbocycles. The average Bonchev–Trinajstić information content (AvgIpc) is 2.67. The van der Waals surface area contributed by atoms with Crippen LogP contribution in [-0.2, 0) is 11.2 Å². The van der Waals surface area contributed by atoms with E-state index in [1.165, 1.54) is 24.3 Å². The molecule has 3 N–H and O–H groups in total. The summed E-state index contributed by atoms with van der Waals surface area (Å²) in [5.74, 6) is -0.354. The summed E-state index contributed by atoms with van der Waals surface area (Å²) in [6, 6.07) is 12.9. The van der Waals surface area contributed by atoms with E-state index in [2.05, 4.69) is 16.0 Å². The van der Waals surface area contributed by atoms with Crippen LogP contribution in [0.25, 0.3) is 0 Å². The summed E-state index contributed by atoms with van der Waals surface area (Å²) in [7, 11) is 0. The first-order valence-corrected chi connectivity index (χ1v) is 10.1. The van der Waals surface area contributed by atoms with Gasteiger partial charge in [-0.3, -0.25) is 4.79 Å². The molecular weight excluding hydrogens is 460 g/mol. The fourth-order valence-electron chi connectivity index (χ4n) is 2.20. The Balaban J connectivity index is 1.90. The highest BCUT2D eigenvalue weighted by Gasteiger charge is 2.34. The lowest BCUT2D eigenvalue weighted by atomic mass is 10.2. The zero-order valence-electron chi connectivity index (χ0n) is 15.3. The number of alkyl halides is 3. The summed E-state index contributed by atoms with van der Waals surface area (Å²) in [4.78, 5) is 12.2. The van der Waals surface area contributed by atoms with Gasteiger partial charge in [0.05, 0.1) is 0 Å². The van der Waals surface area contributed by atoms with Crippen LogP contribution in [0.1, 0.15) is 12.5 Å². The minimum Gasteiger partial charge on any atom is -0.484 e. The summed E-state index contributed by atoms with van der Waals surface area (Å²) in [5.41, 5.74) is 1.68. The Kier molecular flexibility index (Phi) is 8.77. The maximum absolute atomic E-state index is 13.0. The quantitative estimate of drug-likeness (QED) is 0.309. The topological polar surface area (TPSA) is 62.4 Å². The van der Waals surface area contributed by atoms with Crippen LogP contribution in [0, 0.1) is 5.82 Å². The molecule has 0 radical (unpaired) electrons. The first kappa shape index (κ1) is 23.5. The molecule has 0 aromatic heterocycles. The van der Waals surface area contributed by atoms with Crippen LogP contribution in [0.5, 0.6) is 5.75 Å². The Morgan fingerprint density at radius 1 is 1.10 bits per heavy atom. The van der Waals surface area contributed by atoms with Gasteiger partial charge in [-0.25, -0.2) is 4.39 Å². The lowest BCUT2D eigenvalue weighted by Crippen LogP contribution is -2.56. The first-order chi connectivity index (χ1) is 13.7. The predicted octanol–water partition coefficient (Wildman–Crippen LogP) is 4.57. The second-order valence-electron chi connectivity index (χ2n) is 5.93. The molecule has 5 nitrogen and oxygen atoms in total. The first-order valence-electron chi connectivity index (χ1n) is 8.58. The van der Waals surface area contributed by atoms with Gasteiger partial charge in [-0.2, -0.15) is 0 Å². The molecule has 0 spiro atoms. The highest BCUT2D eigenvalue weighted by molar-refractivity contribution is 7.80. The third kappa shape index (κ3) is 8.22. The van der Waals surface area contributed by atoms with Gasteiger partial charge in [-0.15, -0.1) is 0 Å². The SMILES string of the molecule is CCc1ccc(OCC(=O)N[C@@H](NC(=S)Nc2ccc(F)cc2)C(Cl)(Cl)Cl)cc1. The van der Waals surface area contributed by atoms with Crippen molar-refractivity contribution < 1.29 is 13.9 Å². The minimum absolute atomic E-state index is 0.0734. The number of ether oxygens (including phenoxy) is 1. The van der Waals surface area contributed by atoms with E-state index in [0.29, 0.717) is 11.4 Å². The Morgan fingerprint density at radius 2 is 1.72 bits per heavy atom. The van der Waals surface area contributed by atoms with Crippen molar-refractivity contribution in [2.24, 2.45) is 0 Å². The molecule has 1 atom stereocenters. The summed E-state index contributed by atoms with van der Waals surface area (Å²) in [6.45, 7) is 1.77. The molecule has 0 fully saturated rings. The fraction of sp³-hybridized carbons (Fsp3) is 0.263. The monoisotopic (exact) mass is 477 g/mol. The second-order valence-corrected chi connectivity index (χ2v) is 8.71. The second kappa shape index (κ2) is 10.8. The van der Waals surface area contributed by atoms with Crippen LogP contribution < -0.4 is 20.7 Å². The average molecular weight is 479 g/mol. The van der Waals surface area contributed by atoms with Crippen molar-refractivity contribution >= 4 is 63.7 Å². The van der Waals surface area contributed by atoms with Crippen molar-refractivity contribution in [1.29, 1.82) is 0 Å². The van der Waals surface area contributed by atoms with Crippen molar-refractivity contribution in [3.05, 3.63) is 59.9 Å². The molecule has 0 saturated carbocycles. The van der Waals surface area contributed by atoms with E-state index in [1.807, 2.05) is 19.1 Å². The van der Waals surface area contributed by atoms with Crippen LogP contribution in [0.2, 0.25) is 0 Å². The van der Waals surface area contributed by atoms with Crippen molar-refractivity contribution in [3.63, 3.8) is 0 Å². The van der Waals surface area contributed by atoms with Gasteiger partial charge in [0, 0.05) is 5.69 Å². The standard InChI is InChI=1S/C19H19Cl3FN3O2S/c1-2-12-3-9-15(10-4-12)28-11-16(27)25-17(19(20,21)22)26-18(29)24-14-7-5-13(23)6-8-14/h3-10,17H,2,11H2,1H3,(H,25,27)(H2,24,26,29)/t17-/m0/s1. The summed E-state index contributed by atoms with van der Waals surface area (Å²) in [6.07, 6.45) is -0.227. The number of aryl methyl sites for hydroxylation is 1. The molecule has 2 rings (SSSR count). The van der Waals surface area contributed by atoms with Crippen LogP contribution in [-0.4, -0.2) is 27.6 Å². The summed E-state index contributed by atoms with van der Waals surface area (Å²) in [5, 5.41) is 8.11. The van der Waals surface area contributed by atoms with Gasteiger partial charge in [0.1, 0.15) is 17.7 Å². The number of hydrogen-bond acceptors (Lipinski definition) is 3. The summed E-state index contributed by atoms with van der Waals surface area (Å²) >= 11 is 23.0. The van der Waals surface area contributed by atoms with Gasteiger partial charge >= 0.3 is 0 Å². The van der Waals surface area contributed by atoms with Crippen molar-refractivity contribution in [1.82, 2.24) is 10.6 Å². The van der Waals surface area contributed by atoms with E-state index >= 15 is 0 Å². The minimum atomic E-state index is -1.90. The Labute approximate surface area is 188 Å². The molecule has 1 amide bonds. The number of amides is 1.